The van der Waals surface area contributed by atoms with Crippen LogP contribution in [0.5, 0.6) is 0 Å². The lowest BCUT2D eigenvalue weighted by molar-refractivity contribution is 1.10. The average Bonchev–Trinajstić information content (AvgIpc) is 3.53. The van der Waals surface area contributed by atoms with Gasteiger partial charge in [-0.2, -0.15) is 5.26 Å². The van der Waals surface area contributed by atoms with Gasteiger partial charge in [-0.05, 0) is 74.0 Å². The molecule has 0 fully saturated rings. The van der Waals surface area contributed by atoms with Crippen molar-refractivity contribution in [3.8, 4) is 28.6 Å². The molecule has 0 aliphatic rings. The number of aromatic nitrogens is 5. The summed E-state index contributed by atoms with van der Waals surface area (Å²) in [5.41, 5.74) is 11.7. The predicted octanol–water partition coefficient (Wildman–Crippen LogP) is 8.22. The number of nitrogens with zero attached hydrogens (tertiary/aromatic N) is 6. The molecule has 42 heavy (non-hydrogen) atoms. The Bertz CT molecular complexity index is 2160. The number of para-hydroxylation sites is 2. The molecule has 0 aliphatic carbocycles. The minimum atomic E-state index is 0.564. The van der Waals surface area contributed by atoms with Crippen LogP contribution < -0.4 is 0 Å². The predicted molar refractivity (Wildman–Crippen MR) is 168 cm³/mol. The zero-order chi connectivity index (χ0) is 28.4. The van der Waals surface area contributed by atoms with Gasteiger partial charge in [0.05, 0.1) is 44.5 Å². The summed E-state index contributed by atoms with van der Waals surface area (Å²) >= 11 is 0. The maximum atomic E-state index is 10.9. The molecule has 6 nitrogen and oxygen atoms in total. The molecule has 6 heteroatoms. The zero-order valence-electron chi connectivity index (χ0n) is 23.1. The van der Waals surface area contributed by atoms with Crippen LogP contribution in [0.15, 0.2) is 109 Å². The van der Waals surface area contributed by atoms with E-state index < -0.39 is 0 Å². The van der Waals surface area contributed by atoms with Gasteiger partial charge >= 0.3 is 0 Å². The molecule has 0 atom stereocenters. The van der Waals surface area contributed by atoms with E-state index in [2.05, 4.69) is 69.8 Å². The summed E-state index contributed by atoms with van der Waals surface area (Å²) in [4.78, 5) is 14.3. The van der Waals surface area contributed by atoms with Gasteiger partial charge in [0.15, 0.2) is 0 Å². The lowest BCUT2D eigenvalue weighted by Gasteiger charge is -2.18. The third-order valence-electron chi connectivity index (χ3n) is 8.08. The summed E-state index contributed by atoms with van der Waals surface area (Å²) in [6.07, 6.45) is 3.64. The van der Waals surface area contributed by atoms with E-state index in [9.17, 15) is 5.26 Å². The van der Waals surface area contributed by atoms with Crippen molar-refractivity contribution in [3.63, 3.8) is 0 Å². The monoisotopic (exact) mass is 540 g/mol. The van der Waals surface area contributed by atoms with Crippen molar-refractivity contribution in [2.24, 2.45) is 0 Å². The van der Waals surface area contributed by atoms with Crippen LogP contribution in [-0.2, 0) is 0 Å². The minimum absolute atomic E-state index is 0.564. The normalized spacial score (nSPS) is 11.5. The molecule has 0 N–H and O–H groups in total. The molecule has 0 amide bonds. The van der Waals surface area contributed by atoms with Crippen LogP contribution in [0.4, 0.5) is 0 Å². The van der Waals surface area contributed by atoms with E-state index >= 15 is 0 Å². The maximum Gasteiger partial charge on any atom is 0.104 e. The SMILES string of the molecule is Cc1ccc(-c2cc(-n3c4ccccc4c4ncccc43)c(C#N)c(-n3c4ccccc4c4ncccc43)c2)c(C)n1. The summed E-state index contributed by atoms with van der Waals surface area (Å²) in [6.45, 7) is 4.04. The Balaban J connectivity index is 1.58. The van der Waals surface area contributed by atoms with Crippen molar-refractivity contribution in [2.45, 2.75) is 13.8 Å². The molecule has 5 aromatic heterocycles. The molecule has 0 saturated heterocycles. The molecule has 3 aromatic carbocycles. The third kappa shape index (κ3) is 3.41. The number of pyridine rings is 3. The topological polar surface area (TPSA) is 72.3 Å². The van der Waals surface area contributed by atoms with Crippen molar-refractivity contribution in [2.75, 3.05) is 0 Å². The largest absolute Gasteiger partial charge is 0.306 e. The van der Waals surface area contributed by atoms with E-state index in [4.69, 9.17) is 15.0 Å². The molecule has 198 valence electrons. The molecule has 0 saturated carbocycles. The number of aryl methyl sites for hydroxylation is 2. The first-order valence-electron chi connectivity index (χ1n) is 13.9. The molecule has 0 spiro atoms. The van der Waals surface area contributed by atoms with Gasteiger partial charge in [-0.3, -0.25) is 15.0 Å². The summed E-state index contributed by atoms with van der Waals surface area (Å²) in [5.74, 6) is 0. The second kappa shape index (κ2) is 9.12. The van der Waals surface area contributed by atoms with E-state index in [1.54, 1.807) is 0 Å². The fourth-order valence-corrected chi connectivity index (χ4v) is 6.31. The standard InChI is InChI=1S/C36H24N6/c1-22-15-16-25(23(2)40-22)24-19-33(41-29-11-5-3-9-26(29)35-31(41)13-7-17-38-35)28(21-37)34(20-24)42-30-12-6-4-10-27(30)36-32(42)14-8-18-39-36/h3-20H,1-2H3. The average molecular weight is 541 g/mol. The van der Waals surface area contributed by atoms with Gasteiger partial charge in [0.25, 0.3) is 0 Å². The Kier molecular flexibility index (Phi) is 5.22. The quantitative estimate of drug-likeness (QED) is 0.226. The van der Waals surface area contributed by atoms with Crippen LogP contribution in [0.2, 0.25) is 0 Å². The Morgan fingerprint density at radius 1 is 0.619 bits per heavy atom. The summed E-state index contributed by atoms with van der Waals surface area (Å²) in [6, 6.07) is 35.5. The fraction of sp³-hybridized carbons (Fsp3) is 0.0556. The Morgan fingerprint density at radius 3 is 1.67 bits per heavy atom. The first-order chi connectivity index (χ1) is 20.6. The highest BCUT2D eigenvalue weighted by molar-refractivity contribution is 6.09. The highest BCUT2D eigenvalue weighted by atomic mass is 15.0. The van der Waals surface area contributed by atoms with Gasteiger partial charge in [0.2, 0.25) is 0 Å². The van der Waals surface area contributed by atoms with Gasteiger partial charge in [0, 0.05) is 40.1 Å². The summed E-state index contributed by atoms with van der Waals surface area (Å²) in [7, 11) is 0. The highest BCUT2D eigenvalue weighted by Crippen LogP contribution is 2.39. The van der Waals surface area contributed by atoms with Crippen molar-refractivity contribution in [3.05, 3.63) is 126 Å². The molecular weight excluding hydrogens is 516 g/mol. The maximum absolute atomic E-state index is 10.9. The van der Waals surface area contributed by atoms with Crippen LogP contribution in [0, 0.1) is 25.2 Å². The van der Waals surface area contributed by atoms with Gasteiger partial charge < -0.3 is 9.13 Å². The van der Waals surface area contributed by atoms with Gasteiger partial charge in [-0.1, -0.05) is 42.5 Å². The third-order valence-corrected chi connectivity index (χ3v) is 8.08. The minimum Gasteiger partial charge on any atom is -0.306 e. The second-order valence-corrected chi connectivity index (χ2v) is 10.5. The number of nitriles is 1. The zero-order valence-corrected chi connectivity index (χ0v) is 23.1. The first kappa shape index (κ1) is 24.0. The second-order valence-electron chi connectivity index (χ2n) is 10.5. The molecular formula is C36H24N6. The molecule has 5 heterocycles. The number of hydrogen-bond acceptors (Lipinski definition) is 4. The van der Waals surface area contributed by atoms with Crippen LogP contribution in [-0.4, -0.2) is 24.1 Å². The van der Waals surface area contributed by atoms with Gasteiger partial charge in [-0.15, -0.1) is 0 Å². The Morgan fingerprint density at radius 2 is 1.14 bits per heavy atom. The van der Waals surface area contributed by atoms with Crippen LogP contribution in [0.3, 0.4) is 0 Å². The van der Waals surface area contributed by atoms with Crippen molar-refractivity contribution < 1.29 is 0 Å². The number of rotatable bonds is 3. The Hall–Kier alpha value is -5.80. The van der Waals surface area contributed by atoms with Crippen LogP contribution >= 0.6 is 0 Å². The van der Waals surface area contributed by atoms with Crippen molar-refractivity contribution >= 4 is 43.9 Å². The number of hydrogen-bond donors (Lipinski definition) is 0. The molecule has 0 bridgehead atoms. The molecule has 8 rings (SSSR count). The molecule has 0 aliphatic heterocycles. The molecule has 8 aromatic rings. The number of benzene rings is 3. The van der Waals surface area contributed by atoms with Gasteiger partial charge in [-0.25, -0.2) is 0 Å². The van der Waals surface area contributed by atoms with Crippen LogP contribution in [0.25, 0.3) is 66.4 Å². The molecule has 0 unspecified atom stereocenters. The van der Waals surface area contributed by atoms with Crippen molar-refractivity contribution in [1.82, 2.24) is 24.1 Å². The van der Waals surface area contributed by atoms with Crippen molar-refractivity contribution in [1.29, 1.82) is 5.26 Å². The van der Waals surface area contributed by atoms with E-state index in [0.29, 0.717) is 5.56 Å². The first-order valence-corrected chi connectivity index (χ1v) is 13.9. The van der Waals surface area contributed by atoms with Crippen LogP contribution in [0.1, 0.15) is 17.0 Å². The fourth-order valence-electron chi connectivity index (χ4n) is 6.31. The smallest absolute Gasteiger partial charge is 0.104 e. The Labute approximate surface area is 241 Å². The van der Waals surface area contributed by atoms with E-state index in [0.717, 1.165) is 77.8 Å². The molecule has 0 radical (unpaired) electrons. The van der Waals surface area contributed by atoms with E-state index in [1.807, 2.05) is 68.7 Å². The van der Waals surface area contributed by atoms with E-state index in [1.165, 1.54) is 0 Å². The highest BCUT2D eigenvalue weighted by Gasteiger charge is 2.23. The number of fused-ring (bicyclic) bond motifs is 6. The summed E-state index contributed by atoms with van der Waals surface area (Å²) in [5, 5.41) is 13.0. The van der Waals surface area contributed by atoms with Gasteiger partial charge in [0.1, 0.15) is 11.6 Å². The summed E-state index contributed by atoms with van der Waals surface area (Å²) < 4.78 is 4.35. The van der Waals surface area contributed by atoms with E-state index in [-0.39, 0.29) is 0 Å². The lowest BCUT2D eigenvalue weighted by atomic mass is 9.98. The lowest BCUT2D eigenvalue weighted by Crippen LogP contribution is -2.05.